The Bertz CT molecular complexity index is 481. The first-order valence-electron chi connectivity index (χ1n) is 7.75. The molecule has 1 saturated carbocycles. The quantitative estimate of drug-likeness (QED) is 0.876. The van der Waals surface area contributed by atoms with E-state index in [2.05, 4.69) is 15.7 Å². The minimum absolute atomic E-state index is 0.0800. The summed E-state index contributed by atoms with van der Waals surface area (Å²) in [6.45, 7) is 5.15. The Morgan fingerprint density at radius 2 is 2.38 bits per heavy atom. The Labute approximate surface area is 129 Å². The van der Waals surface area contributed by atoms with E-state index in [0.717, 1.165) is 56.1 Å². The molecule has 1 N–H and O–H groups in total. The second-order valence-corrected chi connectivity index (χ2v) is 7.02. The molecule has 116 valence electrons. The average molecular weight is 309 g/mol. The van der Waals surface area contributed by atoms with Crippen molar-refractivity contribution in [3.8, 4) is 0 Å². The lowest BCUT2D eigenvalue weighted by Crippen LogP contribution is -2.44. The number of nitrogens with one attached hydrogen (secondary N) is 1. The van der Waals surface area contributed by atoms with Crippen molar-refractivity contribution in [2.75, 3.05) is 26.3 Å². The van der Waals surface area contributed by atoms with Crippen LogP contribution in [0.2, 0.25) is 0 Å². The fourth-order valence-corrected chi connectivity index (χ4v) is 3.36. The molecule has 1 saturated heterocycles. The number of rotatable bonds is 6. The van der Waals surface area contributed by atoms with Crippen molar-refractivity contribution < 1.29 is 9.53 Å². The largest absolute Gasteiger partial charge is 0.381 e. The van der Waals surface area contributed by atoms with Crippen LogP contribution in [-0.4, -0.2) is 48.3 Å². The van der Waals surface area contributed by atoms with E-state index in [1.807, 2.05) is 11.8 Å². The summed E-state index contributed by atoms with van der Waals surface area (Å²) in [5.41, 5.74) is 1.07. The van der Waals surface area contributed by atoms with Crippen LogP contribution in [0.3, 0.4) is 0 Å². The molecule has 0 unspecified atom stereocenters. The van der Waals surface area contributed by atoms with E-state index < -0.39 is 0 Å². The number of hydrogen-bond donors (Lipinski definition) is 1. The van der Waals surface area contributed by atoms with Gasteiger partial charge in [0.2, 0.25) is 0 Å². The SMILES string of the molecule is Cc1nc(CCNC(=O)N(C[C@H]2CCOC2)C2CC2)cs1. The van der Waals surface area contributed by atoms with Gasteiger partial charge in [0.05, 0.1) is 17.3 Å². The number of hydrogen-bond acceptors (Lipinski definition) is 4. The summed E-state index contributed by atoms with van der Waals surface area (Å²) in [5, 5.41) is 6.19. The maximum absolute atomic E-state index is 12.4. The van der Waals surface area contributed by atoms with Crippen LogP contribution in [0.15, 0.2) is 5.38 Å². The van der Waals surface area contributed by atoms with Crippen molar-refractivity contribution in [2.24, 2.45) is 5.92 Å². The molecule has 1 aliphatic carbocycles. The van der Waals surface area contributed by atoms with Crippen molar-refractivity contribution in [2.45, 2.75) is 38.6 Å². The standard InChI is InChI=1S/C15H23N3O2S/c1-11-17-13(10-21-11)4-6-16-15(19)18(14-2-3-14)8-12-5-7-20-9-12/h10,12,14H,2-9H2,1H3,(H,16,19)/t12-/m1/s1. The smallest absolute Gasteiger partial charge is 0.317 e. The Hall–Kier alpha value is -1.14. The summed E-state index contributed by atoms with van der Waals surface area (Å²) in [7, 11) is 0. The Kier molecular flexibility index (Phi) is 4.75. The van der Waals surface area contributed by atoms with Crippen LogP contribution in [0.4, 0.5) is 4.79 Å². The van der Waals surface area contributed by atoms with E-state index in [-0.39, 0.29) is 6.03 Å². The van der Waals surface area contributed by atoms with Crippen LogP contribution in [0.1, 0.15) is 30.0 Å². The third-order valence-electron chi connectivity index (χ3n) is 4.05. The Balaban J connectivity index is 1.45. The van der Waals surface area contributed by atoms with E-state index in [0.29, 0.717) is 18.5 Å². The third kappa shape index (κ3) is 4.17. The molecule has 2 amide bonds. The first-order valence-corrected chi connectivity index (χ1v) is 8.63. The second kappa shape index (κ2) is 6.75. The maximum atomic E-state index is 12.4. The number of amides is 2. The van der Waals surface area contributed by atoms with E-state index >= 15 is 0 Å². The summed E-state index contributed by atoms with van der Waals surface area (Å²) in [5.74, 6) is 0.512. The molecular formula is C15H23N3O2S. The van der Waals surface area contributed by atoms with Gasteiger partial charge in [-0.2, -0.15) is 0 Å². The summed E-state index contributed by atoms with van der Waals surface area (Å²) in [6, 6.07) is 0.531. The molecule has 5 nitrogen and oxygen atoms in total. The lowest BCUT2D eigenvalue weighted by atomic mass is 10.1. The lowest BCUT2D eigenvalue weighted by molar-refractivity contribution is 0.162. The highest BCUT2D eigenvalue weighted by molar-refractivity contribution is 7.09. The molecular weight excluding hydrogens is 286 g/mol. The van der Waals surface area contributed by atoms with Crippen molar-refractivity contribution in [1.82, 2.24) is 15.2 Å². The molecule has 2 aliphatic rings. The van der Waals surface area contributed by atoms with E-state index in [1.54, 1.807) is 11.3 Å². The maximum Gasteiger partial charge on any atom is 0.317 e. The zero-order valence-corrected chi connectivity index (χ0v) is 13.3. The molecule has 1 aromatic rings. The van der Waals surface area contributed by atoms with Gasteiger partial charge in [-0.15, -0.1) is 11.3 Å². The van der Waals surface area contributed by atoms with E-state index in [1.165, 1.54) is 0 Å². The van der Waals surface area contributed by atoms with Gasteiger partial charge in [-0.1, -0.05) is 0 Å². The fraction of sp³-hybridized carbons (Fsp3) is 0.733. The topological polar surface area (TPSA) is 54.5 Å². The van der Waals surface area contributed by atoms with Gasteiger partial charge >= 0.3 is 6.03 Å². The van der Waals surface area contributed by atoms with Gasteiger partial charge in [-0.3, -0.25) is 0 Å². The highest BCUT2D eigenvalue weighted by Crippen LogP contribution is 2.28. The molecule has 1 atom stereocenters. The number of ether oxygens (including phenoxy) is 1. The second-order valence-electron chi connectivity index (χ2n) is 5.95. The summed E-state index contributed by atoms with van der Waals surface area (Å²) < 4.78 is 5.41. The highest BCUT2D eigenvalue weighted by Gasteiger charge is 2.34. The van der Waals surface area contributed by atoms with Crippen LogP contribution in [0, 0.1) is 12.8 Å². The zero-order chi connectivity index (χ0) is 14.7. The molecule has 3 rings (SSSR count). The fourth-order valence-electron chi connectivity index (χ4n) is 2.71. The average Bonchev–Trinajstić information content (AvgIpc) is 3.01. The first kappa shape index (κ1) is 14.8. The van der Waals surface area contributed by atoms with E-state index in [9.17, 15) is 4.79 Å². The number of aromatic nitrogens is 1. The Morgan fingerprint density at radius 1 is 1.52 bits per heavy atom. The molecule has 0 spiro atoms. The number of thiazole rings is 1. The normalized spacial score (nSPS) is 21.5. The first-order chi connectivity index (χ1) is 10.2. The number of nitrogens with zero attached hydrogens (tertiary/aromatic N) is 2. The van der Waals surface area contributed by atoms with Gasteiger partial charge in [0.15, 0.2) is 0 Å². The van der Waals surface area contributed by atoms with E-state index in [4.69, 9.17) is 4.74 Å². The van der Waals surface area contributed by atoms with Crippen LogP contribution in [0.5, 0.6) is 0 Å². The summed E-state index contributed by atoms with van der Waals surface area (Å²) in [4.78, 5) is 18.8. The lowest BCUT2D eigenvalue weighted by Gasteiger charge is -2.25. The highest BCUT2D eigenvalue weighted by atomic mass is 32.1. The van der Waals surface area contributed by atoms with Crippen molar-refractivity contribution >= 4 is 17.4 Å². The van der Waals surface area contributed by atoms with Crippen molar-refractivity contribution in [3.63, 3.8) is 0 Å². The number of carbonyl (C=O) groups is 1. The van der Waals surface area contributed by atoms with Crippen LogP contribution in [-0.2, 0) is 11.2 Å². The molecule has 21 heavy (non-hydrogen) atoms. The monoisotopic (exact) mass is 309 g/mol. The minimum atomic E-state index is 0.0800. The van der Waals surface area contributed by atoms with Crippen LogP contribution < -0.4 is 5.32 Å². The van der Waals surface area contributed by atoms with Crippen LogP contribution >= 0.6 is 11.3 Å². The Morgan fingerprint density at radius 3 is 3.00 bits per heavy atom. The summed E-state index contributed by atoms with van der Waals surface area (Å²) >= 11 is 1.66. The van der Waals surface area contributed by atoms with Gasteiger partial charge in [0, 0.05) is 43.5 Å². The predicted molar refractivity (Wildman–Crippen MR) is 82.6 cm³/mol. The third-order valence-corrected chi connectivity index (χ3v) is 4.87. The van der Waals surface area contributed by atoms with Crippen LogP contribution in [0.25, 0.3) is 0 Å². The molecule has 0 aromatic carbocycles. The molecule has 1 aromatic heterocycles. The zero-order valence-electron chi connectivity index (χ0n) is 12.5. The molecule has 0 bridgehead atoms. The number of carbonyl (C=O) groups excluding carboxylic acids is 1. The van der Waals surface area contributed by atoms with Gasteiger partial charge in [0.25, 0.3) is 0 Å². The van der Waals surface area contributed by atoms with Gasteiger partial charge in [-0.25, -0.2) is 9.78 Å². The van der Waals surface area contributed by atoms with Gasteiger partial charge in [-0.05, 0) is 26.2 Å². The van der Waals surface area contributed by atoms with Crippen molar-refractivity contribution in [1.29, 1.82) is 0 Å². The number of aryl methyl sites for hydroxylation is 1. The van der Waals surface area contributed by atoms with Gasteiger partial charge in [0.1, 0.15) is 0 Å². The summed E-state index contributed by atoms with van der Waals surface area (Å²) in [6.07, 6.45) is 4.17. The molecule has 6 heteroatoms. The number of urea groups is 1. The molecule has 2 heterocycles. The van der Waals surface area contributed by atoms with Crippen molar-refractivity contribution in [3.05, 3.63) is 16.1 Å². The minimum Gasteiger partial charge on any atom is -0.381 e. The molecule has 2 fully saturated rings. The van der Waals surface area contributed by atoms with Gasteiger partial charge < -0.3 is 15.0 Å². The molecule has 0 radical (unpaired) electrons. The predicted octanol–water partition coefficient (Wildman–Crippen LogP) is 2.20. The molecule has 1 aliphatic heterocycles.